The highest BCUT2D eigenvalue weighted by Crippen LogP contribution is 2.25. The molecule has 2 heteroatoms. The van der Waals surface area contributed by atoms with Gasteiger partial charge in [-0.05, 0) is 31.7 Å². The van der Waals surface area contributed by atoms with Gasteiger partial charge in [-0.15, -0.1) is 0 Å². The monoisotopic (exact) mass is 225 g/mol. The van der Waals surface area contributed by atoms with Gasteiger partial charge in [0.2, 0.25) is 0 Å². The molecular formula is C14H27NO. The summed E-state index contributed by atoms with van der Waals surface area (Å²) in [5.41, 5.74) is 0. The number of rotatable bonds is 6. The maximum atomic E-state index is 11.4. The van der Waals surface area contributed by atoms with Gasteiger partial charge in [0.15, 0.2) is 0 Å². The maximum absolute atomic E-state index is 11.4. The first kappa shape index (κ1) is 13.7. The van der Waals surface area contributed by atoms with Crippen LogP contribution < -0.4 is 5.32 Å². The van der Waals surface area contributed by atoms with E-state index >= 15 is 0 Å². The molecule has 0 aliphatic heterocycles. The molecule has 16 heavy (non-hydrogen) atoms. The van der Waals surface area contributed by atoms with Crippen LogP contribution in [0, 0.1) is 11.8 Å². The molecule has 0 heterocycles. The Kier molecular flexibility index (Phi) is 6.04. The van der Waals surface area contributed by atoms with Crippen LogP contribution in [0.3, 0.4) is 0 Å². The van der Waals surface area contributed by atoms with E-state index in [0.717, 1.165) is 12.5 Å². The lowest BCUT2D eigenvalue weighted by Gasteiger charge is -2.24. The van der Waals surface area contributed by atoms with Gasteiger partial charge in [0, 0.05) is 0 Å². The van der Waals surface area contributed by atoms with Crippen molar-refractivity contribution in [2.24, 2.45) is 11.8 Å². The lowest BCUT2D eigenvalue weighted by Crippen LogP contribution is -2.40. The Morgan fingerprint density at radius 2 is 1.88 bits per heavy atom. The van der Waals surface area contributed by atoms with Crippen LogP contribution in [0.4, 0.5) is 0 Å². The van der Waals surface area contributed by atoms with Crippen LogP contribution in [0.15, 0.2) is 0 Å². The Bertz CT molecular complexity index is 207. The molecule has 0 amide bonds. The van der Waals surface area contributed by atoms with Crippen LogP contribution in [-0.2, 0) is 4.79 Å². The second kappa shape index (κ2) is 7.05. The van der Waals surface area contributed by atoms with Crippen LogP contribution in [0.5, 0.6) is 0 Å². The minimum absolute atomic E-state index is 0.0589. The summed E-state index contributed by atoms with van der Waals surface area (Å²) in [6.45, 7) is 6.92. The van der Waals surface area contributed by atoms with Crippen molar-refractivity contribution in [1.82, 2.24) is 5.32 Å². The van der Waals surface area contributed by atoms with E-state index < -0.39 is 0 Å². The third kappa shape index (κ3) is 4.65. The highest BCUT2D eigenvalue weighted by molar-refractivity contribution is 5.81. The quantitative estimate of drug-likeness (QED) is 0.752. The molecule has 0 spiro atoms. The van der Waals surface area contributed by atoms with Crippen LogP contribution in [-0.4, -0.2) is 18.4 Å². The lowest BCUT2D eigenvalue weighted by molar-refractivity contribution is -0.119. The molecule has 1 aliphatic carbocycles. The van der Waals surface area contributed by atoms with E-state index in [1.165, 1.54) is 38.5 Å². The normalized spacial score (nSPS) is 20.0. The summed E-state index contributed by atoms with van der Waals surface area (Å²) in [6, 6.07) is 0.0589. The van der Waals surface area contributed by atoms with Gasteiger partial charge >= 0.3 is 0 Å². The van der Waals surface area contributed by atoms with Gasteiger partial charge in [0.25, 0.3) is 0 Å². The van der Waals surface area contributed by atoms with E-state index in [1.807, 2.05) is 0 Å². The van der Waals surface area contributed by atoms with E-state index in [-0.39, 0.29) is 11.8 Å². The summed E-state index contributed by atoms with van der Waals surface area (Å²) >= 11 is 0. The molecule has 0 aromatic heterocycles. The summed E-state index contributed by atoms with van der Waals surface area (Å²) in [4.78, 5) is 11.4. The van der Waals surface area contributed by atoms with Gasteiger partial charge in [0.1, 0.15) is 5.78 Å². The largest absolute Gasteiger partial charge is 0.307 e. The zero-order chi connectivity index (χ0) is 12.0. The molecule has 1 aliphatic rings. The number of hydrogen-bond acceptors (Lipinski definition) is 2. The van der Waals surface area contributed by atoms with Crippen molar-refractivity contribution in [3.63, 3.8) is 0 Å². The molecule has 0 saturated heterocycles. The minimum atomic E-state index is 0.0589. The van der Waals surface area contributed by atoms with Crippen LogP contribution in [0.1, 0.15) is 59.3 Å². The standard InChI is InChI=1S/C14H27NO/c1-11(2)14(12(3)16)15-10-9-13-7-5-4-6-8-13/h11,13-15H,4-10H2,1-3H3/t14-/m1/s1. The molecule has 1 N–H and O–H groups in total. The Morgan fingerprint density at radius 3 is 2.38 bits per heavy atom. The average Bonchev–Trinajstić information content (AvgIpc) is 2.24. The second-order valence-corrected chi connectivity index (χ2v) is 5.58. The fourth-order valence-corrected chi connectivity index (χ4v) is 2.77. The highest BCUT2D eigenvalue weighted by atomic mass is 16.1. The Morgan fingerprint density at radius 1 is 1.25 bits per heavy atom. The smallest absolute Gasteiger partial charge is 0.146 e. The first-order valence-corrected chi connectivity index (χ1v) is 6.85. The van der Waals surface area contributed by atoms with Crippen molar-refractivity contribution in [2.45, 2.75) is 65.3 Å². The van der Waals surface area contributed by atoms with Gasteiger partial charge in [-0.1, -0.05) is 46.0 Å². The minimum Gasteiger partial charge on any atom is -0.307 e. The fourth-order valence-electron chi connectivity index (χ4n) is 2.77. The van der Waals surface area contributed by atoms with Crippen LogP contribution in [0.25, 0.3) is 0 Å². The second-order valence-electron chi connectivity index (χ2n) is 5.58. The first-order valence-electron chi connectivity index (χ1n) is 6.85. The molecule has 0 bridgehead atoms. The van der Waals surface area contributed by atoms with Gasteiger partial charge < -0.3 is 5.32 Å². The Balaban J connectivity index is 2.19. The molecule has 0 aromatic carbocycles. The number of hydrogen-bond donors (Lipinski definition) is 1. The van der Waals surface area contributed by atoms with Crippen molar-refractivity contribution in [3.8, 4) is 0 Å². The SMILES string of the molecule is CC(=O)[C@H](NCCC1CCCCC1)C(C)C. The molecule has 0 unspecified atom stereocenters. The van der Waals surface area contributed by atoms with Gasteiger partial charge in [0.05, 0.1) is 6.04 Å². The van der Waals surface area contributed by atoms with E-state index in [9.17, 15) is 4.79 Å². The van der Waals surface area contributed by atoms with Gasteiger partial charge in [-0.3, -0.25) is 4.79 Å². The molecule has 0 radical (unpaired) electrons. The zero-order valence-corrected chi connectivity index (χ0v) is 11.1. The number of Topliss-reactive ketones (excluding diaryl/α,β-unsaturated/α-hetero) is 1. The predicted molar refractivity (Wildman–Crippen MR) is 68.5 cm³/mol. The molecule has 2 nitrogen and oxygen atoms in total. The molecule has 0 aromatic rings. The average molecular weight is 225 g/mol. The predicted octanol–water partition coefficient (Wildman–Crippen LogP) is 3.16. The number of nitrogens with one attached hydrogen (secondary N) is 1. The van der Waals surface area contributed by atoms with Crippen molar-refractivity contribution in [1.29, 1.82) is 0 Å². The molecular weight excluding hydrogens is 198 g/mol. The summed E-state index contributed by atoms with van der Waals surface area (Å²) < 4.78 is 0. The summed E-state index contributed by atoms with van der Waals surface area (Å²) in [5.74, 6) is 1.59. The van der Waals surface area contributed by atoms with E-state index in [4.69, 9.17) is 0 Å². The maximum Gasteiger partial charge on any atom is 0.146 e. The topological polar surface area (TPSA) is 29.1 Å². The van der Waals surface area contributed by atoms with Crippen molar-refractivity contribution in [2.75, 3.05) is 6.54 Å². The van der Waals surface area contributed by atoms with Gasteiger partial charge in [-0.2, -0.15) is 0 Å². The zero-order valence-electron chi connectivity index (χ0n) is 11.1. The number of ketones is 1. The highest BCUT2D eigenvalue weighted by Gasteiger charge is 2.18. The third-order valence-corrected chi connectivity index (χ3v) is 3.75. The summed E-state index contributed by atoms with van der Waals surface area (Å²) in [6.07, 6.45) is 8.28. The van der Waals surface area contributed by atoms with Crippen LogP contribution >= 0.6 is 0 Å². The molecule has 1 saturated carbocycles. The Hall–Kier alpha value is -0.370. The van der Waals surface area contributed by atoms with Crippen molar-refractivity contribution >= 4 is 5.78 Å². The molecule has 1 rings (SSSR count). The number of carbonyl (C=O) groups is 1. The summed E-state index contributed by atoms with van der Waals surface area (Å²) in [7, 11) is 0. The van der Waals surface area contributed by atoms with Gasteiger partial charge in [-0.25, -0.2) is 0 Å². The Labute approximate surface area is 100 Å². The van der Waals surface area contributed by atoms with Crippen LogP contribution in [0.2, 0.25) is 0 Å². The molecule has 1 atom stereocenters. The third-order valence-electron chi connectivity index (χ3n) is 3.75. The first-order chi connectivity index (χ1) is 7.61. The molecule has 94 valence electrons. The summed E-state index contributed by atoms with van der Waals surface area (Å²) in [5, 5.41) is 3.42. The van der Waals surface area contributed by atoms with Crippen molar-refractivity contribution in [3.05, 3.63) is 0 Å². The fraction of sp³-hybridized carbons (Fsp3) is 0.929. The van der Waals surface area contributed by atoms with E-state index in [1.54, 1.807) is 6.92 Å². The molecule has 1 fully saturated rings. The van der Waals surface area contributed by atoms with E-state index in [0.29, 0.717) is 5.92 Å². The lowest BCUT2D eigenvalue weighted by atomic mass is 9.87. The van der Waals surface area contributed by atoms with Crippen molar-refractivity contribution < 1.29 is 4.79 Å². The number of carbonyl (C=O) groups excluding carboxylic acids is 1. The van der Waals surface area contributed by atoms with E-state index in [2.05, 4.69) is 19.2 Å².